The van der Waals surface area contributed by atoms with Gasteiger partial charge in [0.05, 0.1) is 36.0 Å². The molecule has 0 saturated carbocycles. The van der Waals surface area contributed by atoms with Gasteiger partial charge >= 0.3 is 0 Å². The molecule has 1 amide bonds. The number of benzene rings is 2. The van der Waals surface area contributed by atoms with Crippen LogP contribution in [0, 0.1) is 0 Å². The molecule has 28 heavy (non-hydrogen) atoms. The van der Waals surface area contributed by atoms with Gasteiger partial charge in [-0.05, 0) is 24.6 Å². The molecule has 2 N–H and O–H groups in total. The Kier molecular flexibility index (Phi) is 6.16. The fourth-order valence-electron chi connectivity index (χ4n) is 2.66. The summed E-state index contributed by atoms with van der Waals surface area (Å²) in [5, 5.41) is 6.33. The fourth-order valence-corrected chi connectivity index (χ4v) is 2.91. The Hall–Kier alpha value is -3.06. The topological polar surface area (TPSA) is 85.4 Å². The average molecular weight is 401 g/mol. The third kappa shape index (κ3) is 4.09. The van der Waals surface area contributed by atoms with Gasteiger partial charge in [0.15, 0.2) is 11.5 Å². The van der Waals surface area contributed by atoms with Crippen LogP contribution in [0.25, 0.3) is 11.0 Å². The molecule has 0 unspecified atom stereocenters. The molecular formula is C20H21ClN4O3. The zero-order valence-corrected chi connectivity index (χ0v) is 16.6. The van der Waals surface area contributed by atoms with Crippen molar-refractivity contribution in [3.05, 3.63) is 47.1 Å². The Bertz CT molecular complexity index is 1010. The number of hydrogen-bond donors (Lipinski definition) is 2. The first-order valence-corrected chi connectivity index (χ1v) is 9.18. The zero-order chi connectivity index (χ0) is 20.1. The lowest BCUT2D eigenvalue weighted by molar-refractivity contribution is 0.102. The van der Waals surface area contributed by atoms with Gasteiger partial charge in [-0.25, -0.2) is 9.97 Å². The third-order valence-electron chi connectivity index (χ3n) is 4.05. The van der Waals surface area contributed by atoms with Gasteiger partial charge in [0.25, 0.3) is 5.91 Å². The Labute approximate surface area is 168 Å². The monoisotopic (exact) mass is 400 g/mol. The maximum atomic E-state index is 13.0. The van der Waals surface area contributed by atoms with E-state index in [-0.39, 0.29) is 5.69 Å². The lowest BCUT2D eigenvalue weighted by Crippen LogP contribution is -2.18. The number of nitrogens with one attached hydrogen (secondary N) is 2. The summed E-state index contributed by atoms with van der Waals surface area (Å²) in [6.07, 6.45) is 0.886. The molecular weight excluding hydrogens is 380 g/mol. The van der Waals surface area contributed by atoms with Crippen molar-refractivity contribution in [2.45, 2.75) is 13.3 Å². The molecule has 3 aromatic rings. The van der Waals surface area contributed by atoms with Crippen LogP contribution >= 0.6 is 11.6 Å². The number of fused-ring (bicyclic) bond motifs is 1. The van der Waals surface area contributed by atoms with Gasteiger partial charge < -0.3 is 20.1 Å². The summed E-state index contributed by atoms with van der Waals surface area (Å²) in [4.78, 5) is 22.0. The van der Waals surface area contributed by atoms with Crippen LogP contribution in [0.15, 0.2) is 36.4 Å². The summed E-state index contributed by atoms with van der Waals surface area (Å²) in [5.74, 6) is 0.881. The predicted octanol–water partition coefficient (Wildman–Crippen LogP) is 4.37. The van der Waals surface area contributed by atoms with Crippen LogP contribution in [0.5, 0.6) is 11.5 Å². The number of carbonyl (C=O) groups excluding carboxylic acids is 1. The maximum Gasteiger partial charge on any atom is 0.278 e. The van der Waals surface area contributed by atoms with Crippen LogP contribution in [-0.4, -0.2) is 36.6 Å². The van der Waals surface area contributed by atoms with E-state index in [0.717, 1.165) is 6.42 Å². The molecule has 0 bridgehead atoms. The summed E-state index contributed by atoms with van der Waals surface area (Å²) in [5.41, 5.74) is 1.95. The number of carbonyl (C=O) groups is 1. The van der Waals surface area contributed by atoms with E-state index in [4.69, 9.17) is 21.1 Å². The van der Waals surface area contributed by atoms with Crippen LogP contribution in [0.2, 0.25) is 5.02 Å². The van der Waals surface area contributed by atoms with Crippen LogP contribution in [-0.2, 0) is 0 Å². The number of aromatic nitrogens is 2. The van der Waals surface area contributed by atoms with E-state index in [1.807, 2.05) is 31.2 Å². The minimum atomic E-state index is -0.420. The largest absolute Gasteiger partial charge is 0.495 e. The van der Waals surface area contributed by atoms with Crippen LogP contribution in [0.1, 0.15) is 23.8 Å². The van der Waals surface area contributed by atoms with Crippen molar-refractivity contribution in [2.24, 2.45) is 0 Å². The summed E-state index contributed by atoms with van der Waals surface area (Å²) >= 11 is 6.19. The highest BCUT2D eigenvalue weighted by molar-refractivity contribution is 6.32. The lowest BCUT2D eigenvalue weighted by Gasteiger charge is -2.14. The number of ether oxygens (including phenoxy) is 2. The van der Waals surface area contributed by atoms with Gasteiger partial charge in [-0.2, -0.15) is 0 Å². The first kappa shape index (κ1) is 19.7. The van der Waals surface area contributed by atoms with Crippen molar-refractivity contribution in [2.75, 3.05) is 31.4 Å². The highest BCUT2D eigenvalue weighted by Crippen LogP contribution is 2.36. The van der Waals surface area contributed by atoms with E-state index in [2.05, 4.69) is 20.6 Å². The van der Waals surface area contributed by atoms with Crippen molar-refractivity contribution in [3.63, 3.8) is 0 Å². The Morgan fingerprint density at radius 3 is 2.39 bits per heavy atom. The molecule has 1 aromatic heterocycles. The van der Waals surface area contributed by atoms with Gasteiger partial charge in [-0.1, -0.05) is 30.7 Å². The number of rotatable bonds is 7. The molecule has 2 aromatic carbocycles. The number of hydrogen-bond acceptors (Lipinski definition) is 6. The number of halogens is 1. The van der Waals surface area contributed by atoms with E-state index < -0.39 is 5.91 Å². The number of methoxy groups -OCH3 is 2. The van der Waals surface area contributed by atoms with E-state index in [0.29, 0.717) is 45.6 Å². The Morgan fingerprint density at radius 2 is 1.75 bits per heavy atom. The lowest BCUT2D eigenvalue weighted by atomic mass is 10.2. The van der Waals surface area contributed by atoms with E-state index in [1.165, 1.54) is 14.2 Å². The number of nitrogens with zero attached hydrogens (tertiary/aromatic N) is 2. The highest BCUT2D eigenvalue weighted by atomic mass is 35.5. The molecule has 0 spiro atoms. The zero-order valence-electron chi connectivity index (χ0n) is 15.9. The second kappa shape index (κ2) is 8.75. The first-order chi connectivity index (χ1) is 13.6. The first-order valence-electron chi connectivity index (χ1n) is 8.80. The second-order valence-electron chi connectivity index (χ2n) is 5.98. The van der Waals surface area contributed by atoms with Crippen molar-refractivity contribution >= 4 is 40.0 Å². The van der Waals surface area contributed by atoms with E-state index in [1.54, 1.807) is 12.1 Å². The molecule has 0 atom stereocenters. The van der Waals surface area contributed by atoms with Gasteiger partial charge in [0, 0.05) is 12.6 Å². The molecule has 1 heterocycles. The molecule has 0 saturated heterocycles. The Morgan fingerprint density at radius 1 is 1.07 bits per heavy atom. The number of anilines is 2. The molecule has 146 valence electrons. The smallest absolute Gasteiger partial charge is 0.278 e. The quantitative estimate of drug-likeness (QED) is 0.612. The average Bonchev–Trinajstić information content (AvgIpc) is 2.71. The summed E-state index contributed by atoms with van der Waals surface area (Å²) in [7, 11) is 3.01. The molecule has 0 radical (unpaired) electrons. The minimum absolute atomic E-state index is 0.196. The van der Waals surface area contributed by atoms with Crippen LogP contribution < -0.4 is 20.1 Å². The van der Waals surface area contributed by atoms with Crippen LogP contribution in [0.3, 0.4) is 0 Å². The van der Waals surface area contributed by atoms with Crippen LogP contribution in [0.4, 0.5) is 11.5 Å². The van der Waals surface area contributed by atoms with Gasteiger partial charge in [-0.15, -0.1) is 0 Å². The molecule has 0 aliphatic rings. The molecule has 0 fully saturated rings. The predicted molar refractivity (Wildman–Crippen MR) is 111 cm³/mol. The minimum Gasteiger partial charge on any atom is -0.495 e. The summed E-state index contributed by atoms with van der Waals surface area (Å²) in [6, 6.07) is 10.6. The normalized spacial score (nSPS) is 10.6. The van der Waals surface area contributed by atoms with Crippen molar-refractivity contribution in [1.82, 2.24) is 9.97 Å². The molecule has 0 aliphatic heterocycles. The second-order valence-corrected chi connectivity index (χ2v) is 6.38. The summed E-state index contributed by atoms with van der Waals surface area (Å²) in [6.45, 7) is 2.70. The van der Waals surface area contributed by atoms with Crippen molar-refractivity contribution in [3.8, 4) is 11.5 Å². The van der Waals surface area contributed by atoms with Gasteiger partial charge in [-0.3, -0.25) is 4.79 Å². The standard InChI is InChI=1S/C20H21ClN4O3/c1-4-9-22-19-18(23-13-7-5-6-8-14(13)24-19)20(26)25-15-10-12(21)16(27-2)11-17(15)28-3/h5-8,10-11H,4,9H2,1-3H3,(H,22,24)(H,25,26). The molecule has 3 rings (SSSR count). The number of amides is 1. The molecule has 7 nitrogen and oxygen atoms in total. The van der Waals surface area contributed by atoms with E-state index >= 15 is 0 Å². The van der Waals surface area contributed by atoms with Crippen molar-refractivity contribution < 1.29 is 14.3 Å². The fraction of sp³-hybridized carbons (Fsp3) is 0.250. The highest BCUT2D eigenvalue weighted by Gasteiger charge is 2.19. The maximum absolute atomic E-state index is 13.0. The Balaban J connectivity index is 2.00. The SMILES string of the molecule is CCCNc1nc2ccccc2nc1C(=O)Nc1cc(Cl)c(OC)cc1OC. The van der Waals surface area contributed by atoms with Crippen molar-refractivity contribution in [1.29, 1.82) is 0 Å². The number of para-hydroxylation sites is 2. The molecule has 0 aliphatic carbocycles. The third-order valence-corrected chi connectivity index (χ3v) is 4.35. The molecule has 8 heteroatoms. The van der Waals surface area contributed by atoms with Gasteiger partial charge in [0.1, 0.15) is 11.5 Å². The van der Waals surface area contributed by atoms with Gasteiger partial charge in [0.2, 0.25) is 0 Å². The summed E-state index contributed by atoms with van der Waals surface area (Å²) < 4.78 is 10.5. The van der Waals surface area contributed by atoms with E-state index in [9.17, 15) is 4.79 Å².